The van der Waals surface area contributed by atoms with E-state index < -0.39 is 24.5 Å². The average molecular weight is 396 g/mol. The van der Waals surface area contributed by atoms with Crippen molar-refractivity contribution in [1.29, 1.82) is 0 Å². The largest absolute Gasteiger partial charge is 0.467 e. The zero-order valence-electron chi connectivity index (χ0n) is 16.0. The van der Waals surface area contributed by atoms with Crippen LogP contribution in [0.15, 0.2) is 53.1 Å². The Labute approximate surface area is 166 Å². The number of benzene rings is 1. The van der Waals surface area contributed by atoms with Gasteiger partial charge in [-0.2, -0.15) is 5.10 Å². The second kappa shape index (κ2) is 8.87. The molecule has 29 heavy (non-hydrogen) atoms. The van der Waals surface area contributed by atoms with Crippen LogP contribution in [0.1, 0.15) is 27.5 Å². The minimum Gasteiger partial charge on any atom is -0.467 e. The smallest absolute Gasteiger partial charge is 0.342 e. The second-order valence-corrected chi connectivity index (χ2v) is 6.18. The molecule has 0 aliphatic carbocycles. The molecule has 0 fully saturated rings. The maximum atomic E-state index is 12.4. The van der Waals surface area contributed by atoms with Gasteiger partial charge in [0.15, 0.2) is 6.61 Å². The summed E-state index contributed by atoms with van der Waals surface area (Å²) < 4.78 is 11.8. The van der Waals surface area contributed by atoms with Gasteiger partial charge < -0.3 is 14.5 Å². The van der Waals surface area contributed by atoms with Crippen LogP contribution in [-0.2, 0) is 16.1 Å². The highest BCUT2D eigenvalue weighted by Gasteiger charge is 2.22. The minimum absolute atomic E-state index is 0.128. The zero-order chi connectivity index (χ0) is 20.8. The van der Waals surface area contributed by atoms with Crippen LogP contribution in [-0.4, -0.2) is 34.3 Å². The molecule has 150 valence electrons. The molecule has 0 unspecified atom stereocenters. The molecule has 0 atom stereocenters. The van der Waals surface area contributed by atoms with Gasteiger partial charge in [-0.3, -0.25) is 10.1 Å². The number of hydrogen-bond acceptors (Lipinski definition) is 6. The highest BCUT2D eigenvalue weighted by atomic mass is 16.5. The third kappa shape index (κ3) is 4.89. The topological polar surface area (TPSA) is 115 Å². The molecule has 0 saturated carbocycles. The number of urea groups is 1. The molecule has 2 N–H and O–H groups in total. The van der Waals surface area contributed by atoms with E-state index in [2.05, 4.69) is 15.7 Å². The number of furan rings is 1. The Morgan fingerprint density at radius 3 is 2.55 bits per heavy atom. The summed E-state index contributed by atoms with van der Waals surface area (Å²) in [6.45, 7) is 2.96. The van der Waals surface area contributed by atoms with Gasteiger partial charge in [-0.05, 0) is 38.1 Å². The number of nitrogens with zero attached hydrogens (tertiary/aromatic N) is 2. The lowest BCUT2D eigenvalue weighted by atomic mass is 10.2. The average Bonchev–Trinajstić information content (AvgIpc) is 3.33. The Balaban J connectivity index is 1.54. The lowest BCUT2D eigenvalue weighted by Gasteiger charge is -2.07. The number of hydrogen-bond donors (Lipinski definition) is 2. The molecule has 2 heterocycles. The van der Waals surface area contributed by atoms with Crippen molar-refractivity contribution in [2.75, 3.05) is 6.61 Å². The van der Waals surface area contributed by atoms with E-state index in [1.165, 1.54) is 6.26 Å². The molecular weight excluding hydrogens is 376 g/mol. The lowest BCUT2D eigenvalue weighted by Crippen LogP contribution is -2.41. The first-order valence-corrected chi connectivity index (χ1v) is 8.84. The van der Waals surface area contributed by atoms with Crippen molar-refractivity contribution in [3.63, 3.8) is 0 Å². The lowest BCUT2D eigenvalue weighted by molar-refractivity contribution is -0.123. The van der Waals surface area contributed by atoms with Gasteiger partial charge in [-0.15, -0.1) is 0 Å². The SMILES string of the molecule is Cc1nn(-c2ccccc2)c(C)c1C(=O)OCC(=O)NC(=O)NCc1ccco1. The monoisotopic (exact) mass is 396 g/mol. The molecule has 1 aromatic carbocycles. The van der Waals surface area contributed by atoms with Crippen LogP contribution in [0, 0.1) is 13.8 Å². The van der Waals surface area contributed by atoms with E-state index in [0.29, 0.717) is 17.1 Å². The summed E-state index contributed by atoms with van der Waals surface area (Å²) in [7, 11) is 0. The fourth-order valence-corrected chi connectivity index (χ4v) is 2.75. The molecule has 2 aromatic heterocycles. The van der Waals surface area contributed by atoms with Crippen LogP contribution < -0.4 is 10.6 Å². The fraction of sp³-hybridized carbons (Fsp3) is 0.200. The van der Waals surface area contributed by atoms with Crippen LogP contribution in [0.3, 0.4) is 0 Å². The summed E-state index contributed by atoms with van der Waals surface area (Å²) in [6.07, 6.45) is 1.48. The number of aryl methyl sites for hydroxylation is 1. The molecule has 0 spiro atoms. The van der Waals surface area contributed by atoms with Gasteiger partial charge in [0.2, 0.25) is 0 Å². The van der Waals surface area contributed by atoms with Crippen LogP contribution >= 0.6 is 0 Å². The second-order valence-electron chi connectivity index (χ2n) is 6.18. The van der Waals surface area contributed by atoms with Crippen molar-refractivity contribution in [1.82, 2.24) is 20.4 Å². The number of para-hydroxylation sites is 1. The number of carbonyl (C=O) groups is 3. The Morgan fingerprint density at radius 1 is 1.10 bits per heavy atom. The molecule has 0 aliphatic heterocycles. The van der Waals surface area contributed by atoms with E-state index in [9.17, 15) is 14.4 Å². The third-order valence-corrected chi connectivity index (χ3v) is 4.09. The molecular formula is C20H20N4O5. The maximum absolute atomic E-state index is 12.4. The number of esters is 1. The number of imide groups is 1. The van der Waals surface area contributed by atoms with Gasteiger partial charge in [-0.25, -0.2) is 14.3 Å². The quantitative estimate of drug-likeness (QED) is 0.618. The zero-order valence-corrected chi connectivity index (χ0v) is 16.0. The molecule has 3 aromatic rings. The Morgan fingerprint density at radius 2 is 1.86 bits per heavy atom. The van der Waals surface area contributed by atoms with Crippen molar-refractivity contribution in [2.24, 2.45) is 0 Å². The van der Waals surface area contributed by atoms with Crippen LogP contribution in [0.2, 0.25) is 0 Å². The number of carbonyl (C=O) groups excluding carboxylic acids is 3. The molecule has 9 heteroatoms. The molecule has 0 bridgehead atoms. The number of nitrogens with one attached hydrogen (secondary N) is 2. The summed E-state index contributed by atoms with van der Waals surface area (Å²) >= 11 is 0. The highest BCUT2D eigenvalue weighted by Crippen LogP contribution is 2.18. The van der Waals surface area contributed by atoms with Gasteiger partial charge in [0.05, 0.1) is 29.9 Å². The molecule has 0 saturated heterocycles. The Hall–Kier alpha value is -3.88. The number of rotatable bonds is 6. The van der Waals surface area contributed by atoms with Crippen molar-refractivity contribution >= 4 is 17.9 Å². The summed E-state index contributed by atoms with van der Waals surface area (Å²) in [5, 5.41) is 8.91. The summed E-state index contributed by atoms with van der Waals surface area (Å²) in [4.78, 5) is 36.0. The number of aromatic nitrogens is 2. The van der Waals surface area contributed by atoms with Crippen molar-refractivity contribution in [3.05, 3.63) is 71.4 Å². The molecule has 9 nitrogen and oxygen atoms in total. The van der Waals surface area contributed by atoms with E-state index in [0.717, 1.165) is 5.69 Å². The van der Waals surface area contributed by atoms with Gasteiger partial charge >= 0.3 is 12.0 Å². The predicted molar refractivity (Wildman–Crippen MR) is 102 cm³/mol. The van der Waals surface area contributed by atoms with Crippen molar-refractivity contribution < 1.29 is 23.5 Å². The van der Waals surface area contributed by atoms with E-state index >= 15 is 0 Å². The van der Waals surface area contributed by atoms with Gasteiger partial charge in [0.25, 0.3) is 5.91 Å². The van der Waals surface area contributed by atoms with E-state index in [1.807, 2.05) is 30.3 Å². The number of amides is 3. The minimum atomic E-state index is -0.749. The van der Waals surface area contributed by atoms with E-state index in [-0.39, 0.29) is 12.1 Å². The van der Waals surface area contributed by atoms with Crippen LogP contribution in [0.4, 0.5) is 4.79 Å². The Bertz CT molecular complexity index is 1010. The molecule has 3 rings (SSSR count). The first kappa shape index (κ1) is 19.9. The fourth-order valence-electron chi connectivity index (χ4n) is 2.75. The van der Waals surface area contributed by atoms with E-state index in [4.69, 9.17) is 9.15 Å². The summed E-state index contributed by atoms with van der Waals surface area (Å²) in [5.74, 6) is -0.894. The molecule has 0 aliphatic rings. The normalized spacial score (nSPS) is 10.4. The van der Waals surface area contributed by atoms with Crippen molar-refractivity contribution in [2.45, 2.75) is 20.4 Å². The predicted octanol–water partition coefficient (Wildman–Crippen LogP) is 2.26. The summed E-state index contributed by atoms with van der Waals surface area (Å²) in [6, 6.07) is 12.0. The van der Waals surface area contributed by atoms with Gasteiger partial charge in [-0.1, -0.05) is 18.2 Å². The first-order valence-electron chi connectivity index (χ1n) is 8.84. The standard InChI is InChI=1S/C20H20N4O5/c1-13-18(14(2)24(23-13)15-7-4-3-5-8-15)19(26)29-12-17(25)22-20(27)21-11-16-9-6-10-28-16/h3-10H,11-12H2,1-2H3,(H2,21,22,25,27). The van der Waals surface area contributed by atoms with Crippen molar-refractivity contribution in [3.8, 4) is 5.69 Å². The summed E-state index contributed by atoms with van der Waals surface area (Å²) in [5.41, 5.74) is 2.16. The maximum Gasteiger partial charge on any atom is 0.342 e. The van der Waals surface area contributed by atoms with Gasteiger partial charge in [0, 0.05) is 0 Å². The van der Waals surface area contributed by atoms with Crippen LogP contribution in [0.5, 0.6) is 0 Å². The molecule has 0 radical (unpaired) electrons. The molecule has 3 amide bonds. The van der Waals surface area contributed by atoms with E-state index in [1.54, 1.807) is 30.7 Å². The highest BCUT2D eigenvalue weighted by molar-refractivity contribution is 5.97. The van der Waals surface area contributed by atoms with Gasteiger partial charge in [0.1, 0.15) is 11.3 Å². The Kier molecular flexibility index (Phi) is 6.08. The third-order valence-electron chi connectivity index (χ3n) is 4.09. The number of ether oxygens (including phenoxy) is 1. The first-order chi connectivity index (χ1) is 14.0. The van der Waals surface area contributed by atoms with Crippen LogP contribution in [0.25, 0.3) is 5.69 Å².